The van der Waals surface area contributed by atoms with Gasteiger partial charge >= 0.3 is 12.2 Å². The first kappa shape index (κ1) is 25.7. The second kappa shape index (κ2) is 10.4. The molecule has 2 aliphatic rings. The highest BCUT2D eigenvalue weighted by Gasteiger charge is 2.39. The van der Waals surface area contributed by atoms with Crippen molar-refractivity contribution in [3.63, 3.8) is 0 Å². The zero-order chi connectivity index (χ0) is 26.9. The molecule has 200 valence electrons. The lowest BCUT2D eigenvalue weighted by Crippen LogP contribution is -2.56. The van der Waals surface area contributed by atoms with Gasteiger partial charge in [0, 0.05) is 36.6 Å². The second-order valence-corrected chi connectivity index (χ2v) is 9.05. The van der Waals surface area contributed by atoms with Crippen molar-refractivity contribution in [1.29, 1.82) is 0 Å². The number of urea groups is 1. The summed E-state index contributed by atoms with van der Waals surface area (Å²) in [5.41, 5.74) is 0.387. The molecule has 1 fully saturated rings. The molecule has 0 saturated carbocycles. The molecule has 38 heavy (non-hydrogen) atoms. The van der Waals surface area contributed by atoms with Crippen LogP contribution in [0.5, 0.6) is 5.88 Å². The van der Waals surface area contributed by atoms with Gasteiger partial charge in [-0.3, -0.25) is 4.90 Å². The lowest BCUT2D eigenvalue weighted by atomic mass is 10.0. The van der Waals surface area contributed by atoms with E-state index in [1.165, 1.54) is 29.3 Å². The van der Waals surface area contributed by atoms with Gasteiger partial charge in [0.15, 0.2) is 11.6 Å². The largest absolute Gasteiger partial charge is 0.475 e. The summed E-state index contributed by atoms with van der Waals surface area (Å²) in [6.45, 7) is 0.702. The van der Waals surface area contributed by atoms with Crippen LogP contribution in [0.2, 0.25) is 0 Å². The number of halogens is 3. The van der Waals surface area contributed by atoms with Gasteiger partial charge in [-0.1, -0.05) is 12.1 Å². The first-order chi connectivity index (χ1) is 18.2. The Bertz CT molecular complexity index is 1320. The molecule has 10 nitrogen and oxygen atoms in total. The van der Waals surface area contributed by atoms with Crippen LogP contribution >= 0.6 is 0 Å². The number of aromatic nitrogens is 3. The highest BCUT2D eigenvalue weighted by Crippen LogP contribution is 2.39. The normalized spacial score (nSPS) is 17.6. The van der Waals surface area contributed by atoms with Crippen LogP contribution in [0.1, 0.15) is 18.4 Å². The summed E-state index contributed by atoms with van der Waals surface area (Å²) < 4.78 is 45.2. The van der Waals surface area contributed by atoms with Crippen LogP contribution in [0.15, 0.2) is 48.8 Å². The molecular weight excluding hydrogens is 505 g/mol. The Balaban J connectivity index is 1.44. The standard InChI is InChI=1S/C25H25F3N6O4/c26-25(27,28)16-4-1-3-15(9-16)22-30-11-20-23(32-22)34(18-5-2-8-33(20)12-18)24(37)31-17-6-7-29-21(10-17)38-14-19(36)13-35/h1,3-4,6-7,9-11,18-19,35-36H,2,5,8,12-14H2,(H,29,31,37)/t18?,19-/m1/s1. The highest BCUT2D eigenvalue weighted by molar-refractivity contribution is 6.04. The average Bonchev–Trinajstić information content (AvgIpc) is 2.91. The number of amides is 2. The number of aliphatic hydroxyl groups is 2. The van der Waals surface area contributed by atoms with Crippen molar-refractivity contribution in [2.24, 2.45) is 0 Å². The van der Waals surface area contributed by atoms with Gasteiger partial charge in [0.1, 0.15) is 12.7 Å². The van der Waals surface area contributed by atoms with Crippen molar-refractivity contribution in [3.8, 4) is 17.3 Å². The second-order valence-electron chi connectivity index (χ2n) is 9.05. The predicted molar refractivity (Wildman–Crippen MR) is 132 cm³/mol. The summed E-state index contributed by atoms with van der Waals surface area (Å²) in [5.74, 6) is 0.542. The summed E-state index contributed by atoms with van der Waals surface area (Å²) in [6.07, 6.45) is -1.02. The number of rotatable bonds is 6. The van der Waals surface area contributed by atoms with E-state index in [0.29, 0.717) is 23.7 Å². The molecule has 0 spiro atoms. The fourth-order valence-electron chi connectivity index (χ4n) is 4.54. The van der Waals surface area contributed by atoms with Crippen LogP contribution in [0.25, 0.3) is 11.4 Å². The molecule has 3 N–H and O–H groups in total. The van der Waals surface area contributed by atoms with E-state index in [1.807, 2.05) is 0 Å². The Morgan fingerprint density at radius 2 is 2.08 bits per heavy atom. The van der Waals surface area contributed by atoms with Gasteiger partial charge in [-0.25, -0.2) is 19.7 Å². The van der Waals surface area contributed by atoms with E-state index in [4.69, 9.17) is 9.84 Å². The van der Waals surface area contributed by atoms with Crippen LogP contribution in [0.4, 0.5) is 35.2 Å². The Morgan fingerprint density at radius 1 is 1.24 bits per heavy atom. The number of ether oxygens (including phenoxy) is 1. The van der Waals surface area contributed by atoms with Gasteiger partial charge in [0.05, 0.1) is 30.1 Å². The van der Waals surface area contributed by atoms with Gasteiger partial charge in [-0.2, -0.15) is 13.2 Å². The number of pyridine rings is 1. The molecule has 2 bridgehead atoms. The fourth-order valence-corrected chi connectivity index (χ4v) is 4.54. The number of carbonyl (C=O) groups excluding carboxylic acids is 1. The molecule has 13 heteroatoms. The summed E-state index contributed by atoms with van der Waals surface area (Å²) in [4.78, 5) is 30.1. The van der Waals surface area contributed by atoms with Crippen LogP contribution in [0.3, 0.4) is 0 Å². The number of alkyl halides is 3. The number of carbonyl (C=O) groups is 1. The zero-order valence-corrected chi connectivity index (χ0v) is 20.1. The molecule has 0 radical (unpaired) electrons. The number of piperidine rings is 1. The number of nitrogens with one attached hydrogen (secondary N) is 1. The van der Waals surface area contributed by atoms with Gasteiger partial charge < -0.3 is 25.2 Å². The van der Waals surface area contributed by atoms with Crippen molar-refractivity contribution < 1.29 is 32.9 Å². The lowest BCUT2D eigenvalue weighted by molar-refractivity contribution is -0.137. The van der Waals surface area contributed by atoms with E-state index in [0.717, 1.165) is 31.5 Å². The molecule has 0 aliphatic carbocycles. The molecule has 1 aromatic carbocycles. The Morgan fingerprint density at radius 3 is 2.87 bits per heavy atom. The lowest BCUT2D eigenvalue weighted by Gasteiger charge is -2.45. The van der Waals surface area contributed by atoms with E-state index < -0.39 is 30.5 Å². The summed E-state index contributed by atoms with van der Waals surface area (Å²) in [7, 11) is 0. The highest BCUT2D eigenvalue weighted by atomic mass is 19.4. The first-order valence-electron chi connectivity index (χ1n) is 12.0. The van der Waals surface area contributed by atoms with Crippen molar-refractivity contribution in [1.82, 2.24) is 15.0 Å². The van der Waals surface area contributed by atoms with E-state index in [2.05, 4.69) is 25.2 Å². The molecule has 5 rings (SSSR count). The quantitative estimate of drug-likeness (QED) is 0.444. The Labute approximate surface area is 215 Å². The smallest absolute Gasteiger partial charge is 0.416 e. The number of benzene rings is 1. The number of hydrogen-bond donors (Lipinski definition) is 3. The average molecular weight is 531 g/mol. The summed E-state index contributed by atoms with van der Waals surface area (Å²) in [6, 6.07) is 7.14. The monoisotopic (exact) mass is 530 g/mol. The molecule has 2 atom stereocenters. The number of nitrogens with zero attached hydrogens (tertiary/aromatic N) is 5. The van der Waals surface area contributed by atoms with Gasteiger partial charge in [-0.05, 0) is 31.0 Å². The van der Waals surface area contributed by atoms with Crippen molar-refractivity contribution in [3.05, 3.63) is 54.4 Å². The zero-order valence-electron chi connectivity index (χ0n) is 20.1. The van der Waals surface area contributed by atoms with E-state index in [1.54, 1.807) is 12.3 Å². The van der Waals surface area contributed by atoms with Crippen molar-refractivity contribution in [2.45, 2.75) is 31.2 Å². The third-order valence-corrected chi connectivity index (χ3v) is 6.37. The third kappa shape index (κ3) is 5.34. The maximum absolute atomic E-state index is 13.5. The van der Waals surface area contributed by atoms with Crippen LogP contribution < -0.4 is 19.9 Å². The van der Waals surface area contributed by atoms with Gasteiger partial charge in [0.2, 0.25) is 5.88 Å². The predicted octanol–water partition coefficient (Wildman–Crippen LogP) is 3.31. The van der Waals surface area contributed by atoms with Crippen molar-refractivity contribution >= 4 is 23.2 Å². The number of aliphatic hydroxyl groups excluding tert-OH is 2. The fraction of sp³-hybridized carbons (Fsp3) is 0.360. The van der Waals surface area contributed by atoms with E-state index >= 15 is 0 Å². The maximum Gasteiger partial charge on any atom is 0.416 e. The van der Waals surface area contributed by atoms with Gasteiger partial charge in [-0.15, -0.1) is 0 Å². The summed E-state index contributed by atoms with van der Waals surface area (Å²) in [5, 5.41) is 21.2. The number of anilines is 3. The molecule has 2 aliphatic heterocycles. The topological polar surface area (TPSA) is 124 Å². The van der Waals surface area contributed by atoms with Crippen LogP contribution in [-0.4, -0.2) is 69.6 Å². The minimum atomic E-state index is -4.51. The first-order valence-corrected chi connectivity index (χ1v) is 12.0. The minimum Gasteiger partial charge on any atom is -0.475 e. The van der Waals surface area contributed by atoms with Gasteiger partial charge in [0.25, 0.3) is 0 Å². The molecule has 2 aromatic heterocycles. The summed E-state index contributed by atoms with van der Waals surface area (Å²) >= 11 is 0. The molecule has 1 saturated heterocycles. The van der Waals surface area contributed by atoms with Crippen molar-refractivity contribution in [2.75, 3.05) is 41.4 Å². The maximum atomic E-state index is 13.5. The minimum absolute atomic E-state index is 0.0795. The number of hydrogen-bond acceptors (Lipinski definition) is 8. The van der Waals surface area contributed by atoms with Crippen LogP contribution in [-0.2, 0) is 6.18 Å². The van der Waals surface area contributed by atoms with Crippen LogP contribution in [0, 0.1) is 0 Å². The number of fused-ring (bicyclic) bond motifs is 4. The molecule has 4 heterocycles. The van der Waals surface area contributed by atoms with E-state index in [-0.39, 0.29) is 29.9 Å². The molecule has 3 aromatic rings. The van der Waals surface area contributed by atoms with E-state index in [9.17, 15) is 23.1 Å². The Kier molecular flexibility index (Phi) is 7.04. The molecule has 2 amide bonds. The SMILES string of the molecule is O=C(Nc1ccnc(OC[C@H](O)CO)c1)N1c2nc(-c3cccc(C(F)(F)F)c3)ncc2N2CCCC1C2. The third-order valence-electron chi connectivity index (χ3n) is 6.37. The molecule has 1 unspecified atom stereocenters. The molecular formula is C25H25F3N6O4. The Hall–Kier alpha value is -3.97.